The van der Waals surface area contributed by atoms with Crippen LogP contribution in [0.1, 0.15) is 6.42 Å². The first kappa shape index (κ1) is 10.6. The zero-order valence-corrected chi connectivity index (χ0v) is 9.50. The monoisotopic (exact) mass is 226 g/mol. The van der Waals surface area contributed by atoms with Gasteiger partial charge in [0.05, 0.1) is 23.4 Å². The van der Waals surface area contributed by atoms with Crippen molar-refractivity contribution in [1.29, 1.82) is 0 Å². The van der Waals surface area contributed by atoms with Crippen LogP contribution in [0.25, 0.3) is 0 Å². The van der Waals surface area contributed by atoms with E-state index in [1.165, 1.54) is 0 Å². The molecule has 2 N–H and O–H groups in total. The highest BCUT2D eigenvalue weighted by Crippen LogP contribution is 2.29. The van der Waals surface area contributed by atoms with Gasteiger partial charge in [0.1, 0.15) is 0 Å². The number of halogens is 1. The molecule has 1 fully saturated rings. The molecule has 1 aliphatic heterocycles. The molecule has 1 atom stereocenters. The Balaban J connectivity index is 2.20. The number of ether oxygens (including phenoxy) is 1. The smallest absolute Gasteiger partial charge is 0.0670 e. The number of rotatable bonds is 2. The lowest BCUT2D eigenvalue weighted by atomic mass is 10.2. The largest absolute Gasteiger partial charge is 0.399 e. The van der Waals surface area contributed by atoms with Crippen LogP contribution in [0.2, 0.25) is 5.02 Å². The van der Waals surface area contributed by atoms with Gasteiger partial charge in [-0.3, -0.25) is 0 Å². The van der Waals surface area contributed by atoms with Crippen LogP contribution in [-0.4, -0.2) is 26.3 Å². The van der Waals surface area contributed by atoms with Gasteiger partial charge < -0.3 is 15.4 Å². The normalized spacial score (nSPS) is 20.5. The van der Waals surface area contributed by atoms with Crippen molar-refractivity contribution in [1.82, 2.24) is 0 Å². The Morgan fingerprint density at radius 1 is 1.53 bits per heavy atom. The van der Waals surface area contributed by atoms with Crippen molar-refractivity contribution in [3.8, 4) is 0 Å². The summed E-state index contributed by atoms with van der Waals surface area (Å²) < 4.78 is 5.35. The molecule has 15 heavy (non-hydrogen) atoms. The Morgan fingerprint density at radius 3 is 2.93 bits per heavy atom. The standard InChI is InChI=1S/C11H15ClN2O/c1-14(9-4-5-15-7-9)11-3-2-8(13)6-10(11)12/h2-3,6,9H,4-5,7,13H2,1H3. The number of benzene rings is 1. The molecule has 0 aliphatic carbocycles. The van der Waals surface area contributed by atoms with Crippen molar-refractivity contribution in [2.45, 2.75) is 12.5 Å². The molecule has 0 spiro atoms. The maximum absolute atomic E-state index is 6.14. The minimum atomic E-state index is 0.422. The summed E-state index contributed by atoms with van der Waals surface area (Å²) in [6.07, 6.45) is 1.05. The third kappa shape index (κ3) is 2.19. The predicted octanol–water partition coefficient (Wildman–Crippen LogP) is 2.15. The molecule has 1 aromatic carbocycles. The second kappa shape index (κ2) is 4.29. The highest BCUT2D eigenvalue weighted by atomic mass is 35.5. The number of likely N-dealkylation sites (N-methyl/N-ethyl adjacent to an activating group) is 1. The number of nitrogens with two attached hydrogens (primary N) is 1. The maximum atomic E-state index is 6.14. The first-order valence-corrected chi connectivity index (χ1v) is 5.42. The van der Waals surface area contributed by atoms with Gasteiger partial charge in [-0.2, -0.15) is 0 Å². The lowest BCUT2D eigenvalue weighted by molar-refractivity contribution is 0.193. The second-order valence-electron chi connectivity index (χ2n) is 3.84. The van der Waals surface area contributed by atoms with Gasteiger partial charge in [0.15, 0.2) is 0 Å². The third-order valence-corrected chi connectivity index (χ3v) is 3.11. The summed E-state index contributed by atoms with van der Waals surface area (Å²) in [6, 6.07) is 6.03. The van der Waals surface area contributed by atoms with Gasteiger partial charge >= 0.3 is 0 Å². The quantitative estimate of drug-likeness (QED) is 0.786. The topological polar surface area (TPSA) is 38.5 Å². The zero-order chi connectivity index (χ0) is 10.8. The van der Waals surface area contributed by atoms with Crippen molar-refractivity contribution in [3.63, 3.8) is 0 Å². The predicted molar refractivity (Wildman–Crippen MR) is 63.5 cm³/mol. The van der Waals surface area contributed by atoms with Gasteiger partial charge in [0.25, 0.3) is 0 Å². The van der Waals surface area contributed by atoms with Crippen LogP contribution >= 0.6 is 11.6 Å². The van der Waals surface area contributed by atoms with Crippen molar-refractivity contribution in [2.24, 2.45) is 0 Å². The molecule has 82 valence electrons. The number of hydrogen-bond acceptors (Lipinski definition) is 3. The average molecular weight is 227 g/mol. The van der Waals surface area contributed by atoms with E-state index < -0.39 is 0 Å². The lowest BCUT2D eigenvalue weighted by Crippen LogP contribution is -2.31. The van der Waals surface area contributed by atoms with Crippen LogP contribution in [0.4, 0.5) is 11.4 Å². The molecule has 4 heteroatoms. The molecule has 3 nitrogen and oxygen atoms in total. The van der Waals surface area contributed by atoms with Crippen LogP contribution in [-0.2, 0) is 4.74 Å². The van der Waals surface area contributed by atoms with Crippen LogP contribution in [0.5, 0.6) is 0 Å². The molecule has 0 bridgehead atoms. The molecule has 2 rings (SSSR count). The summed E-state index contributed by atoms with van der Waals surface area (Å²) in [6.45, 7) is 1.61. The Kier molecular flexibility index (Phi) is 3.03. The van der Waals surface area contributed by atoms with E-state index >= 15 is 0 Å². The second-order valence-corrected chi connectivity index (χ2v) is 4.25. The molecular formula is C11H15ClN2O. The summed E-state index contributed by atoms with van der Waals surface area (Å²) in [5.41, 5.74) is 7.36. The van der Waals surface area contributed by atoms with Crippen LogP contribution in [0.15, 0.2) is 18.2 Å². The molecule has 0 radical (unpaired) electrons. The van der Waals surface area contributed by atoms with E-state index in [1.54, 1.807) is 6.07 Å². The van der Waals surface area contributed by atoms with E-state index in [0.717, 1.165) is 25.3 Å². The van der Waals surface area contributed by atoms with E-state index in [2.05, 4.69) is 4.90 Å². The van der Waals surface area contributed by atoms with E-state index in [0.29, 0.717) is 16.8 Å². The van der Waals surface area contributed by atoms with Crippen LogP contribution in [0.3, 0.4) is 0 Å². The van der Waals surface area contributed by atoms with Crippen molar-refractivity contribution < 1.29 is 4.74 Å². The van der Waals surface area contributed by atoms with Gasteiger partial charge in [-0.15, -0.1) is 0 Å². The molecule has 1 aromatic rings. The molecule has 0 amide bonds. The summed E-state index contributed by atoms with van der Waals surface area (Å²) in [4.78, 5) is 2.16. The lowest BCUT2D eigenvalue weighted by Gasteiger charge is -2.26. The molecule has 1 aliphatic rings. The van der Waals surface area contributed by atoms with E-state index in [9.17, 15) is 0 Å². The molecule has 0 saturated carbocycles. The summed E-state index contributed by atoms with van der Waals surface area (Å²) in [7, 11) is 2.04. The highest BCUT2D eigenvalue weighted by molar-refractivity contribution is 6.33. The minimum Gasteiger partial charge on any atom is -0.399 e. The summed E-state index contributed by atoms with van der Waals surface area (Å²) in [5, 5.41) is 0.699. The minimum absolute atomic E-state index is 0.422. The third-order valence-electron chi connectivity index (χ3n) is 2.81. The van der Waals surface area contributed by atoms with Gasteiger partial charge in [-0.05, 0) is 24.6 Å². The van der Waals surface area contributed by atoms with E-state index in [-0.39, 0.29) is 0 Å². The molecular weight excluding hydrogens is 212 g/mol. The summed E-state index contributed by atoms with van der Waals surface area (Å²) in [5.74, 6) is 0. The van der Waals surface area contributed by atoms with Crippen molar-refractivity contribution in [2.75, 3.05) is 30.9 Å². The number of nitrogen functional groups attached to an aromatic ring is 1. The van der Waals surface area contributed by atoms with Gasteiger partial charge in [0, 0.05) is 19.3 Å². The maximum Gasteiger partial charge on any atom is 0.0670 e. The van der Waals surface area contributed by atoms with E-state index in [4.69, 9.17) is 22.1 Å². The number of nitrogens with zero attached hydrogens (tertiary/aromatic N) is 1. The Bertz CT molecular complexity index is 350. The van der Waals surface area contributed by atoms with Crippen molar-refractivity contribution >= 4 is 23.0 Å². The highest BCUT2D eigenvalue weighted by Gasteiger charge is 2.21. The zero-order valence-electron chi connectivity index (χ0n) is 8.74. The first-order valence-electron chi connectivity index (χ1n) is 5.04. The fraction of sp³-hybridized carbons (Fsp3) is 0.455. The number of hydrogen-bond donors (Lipinski definition) is 1. The Hall–Kier alpha value is -0.930. The molecule has 1 heterocycles. The average Bonchev–Trinajstić information content (AvgIpc) is 2.69. The van der Waals surface area contributed by atoms with Crippen molar-refractivity contribution in [3.05, 3.63) is 23.2 Å². The fourth-order valence-corrected chi connectivity index (χ4v) is 2.16. The van der Waals surface area contributed by atoms with Gasteiger partial charge in [-0.1, -0.05) is 11.6 Å². The van der Waals surface area contributed by atoms with Crippen LogP contribution in [0, 0.1) is 0 Å². The van der Waals surface area contributed by atoms with Gasteiger partial charge in [-0.25, -0.2) is 0 Å². The Morgan fingerprint density at radius 2 is 2.33 bits per heavy atom. The molecule has 0 aromatic heterocycles. The van der Waals surface area contributed by atoms with E-state index in [1.807, 2.05) is 19.2 Å². The van der Waals surface area contributed by atoms with Gasteiger partial charge in [0.2, 0.25) is 0 Å². The molecule has 1 unspecified atom stereocenters. The fourth-order valence-electron chi connectivity index (χ4n) is 1.83. The molecule has 1 saturated heterocycles. The first-order chi connectivity index (χ1) is 7.18. The Labute approximate surface area is 94.8 Å². The summed E-state index contributed by atoms with van der Waals surface area (Å²) >= 11 is 6.14. The SMILES string of the molecule is CN(c1ccc(N)cc1Cl)C1CCOC1. The number of anilines is 2. The van der Waals surface area contributed by atoms with Crippen LogP contribution < -0.4 is 10.6 Å².